The van der Waals surface area contributed by atoms with Crippen molar-refractivity contribution in [1.29, 1.82) is 0 Å². The molecule has 0 aromatic carbocycles. The molecule has 0 aliphatic carbocycles. The van der Waals surface area contributed by atoms with Gasteiger partial charge in [-0.3, -0.25) is 4.98 Å². The molecule has 0 aliphatic heterocycles. The highest BCUT2D eigenvalue weighted by Crippen LogP contribution is 2.33. The highest BCUT2D eigenvalue weighted by molar-refractivity contribution is 7.99. The lowest BCUT2D eigenvalue weighted by atomic mass is 10.1. The van der Waals surface area contributed by atoms with Gasteiger partial charge in [-0.25, -0.2) is 15.0 Å². The third kappa shape index (κ3) is 4.20. The van der Waals surface area contributed by atoms with Gasteiger partial charge >= 0.3 is 0 Å². The molecular formula is C20H21ClN6S. The minimum atomic E-state index is 0.714. The van der Waals surface area contributed by atoms with Crippen LogP contribution in [0.3, 0.4) is 0 Å². The molecule has 0 fully saturated rings. The van der Waals surface area contributed by atoms with Crippen LogP contribution in [0.15, 0.2) is 53.3 Å². The first-order chi connectivity index (χ1) is 13.7. The van der Waals surface area contributed by atoms with E-state index in [0.29, 0.717) is 5.16 Å². The van der Waals surface area contributed by atoms with Gasteiger partial charge in [-0.05, 0) is 49.6 Å². The summed E-state index contributed by atoms with van der Waals surface area (Å²) in [5, 5.41) is 2.42. The van der Waals surface area contributed by atoms with Crippen molar-refractivity contribution >= 4 is 34.4 Å². The van der Waals surface area contributed by atoms with E-state index in [1.807, 2.05) is 37.1 Å². The number of hydrogen-bond acceptors (Lipinski definition) is 5. The normalized spacial score (nSPS) is 11.4. The average Bonchev–Trinajstić information content (AvgIpc) is 3.34. The SMILES string of the molecule is CCc1[nH]c2nc(Sc3cccnc3)nc(CCCCn3ccnc3)c2c1Cl. The van der Waals surface area contributed by atoms with Crippen molar-refractivity contribution in [2.24, 2.45) is 0 Å². The summed E-state index contributed by atoms with van der Waals surface area (Å²) >= 11 is 8.14. The fraction of sp³-hybridized carbons (Fsp3) is 0.300. The quantitative estimate of drug-likeness (QED) is 0.328. The summed E-state index contributed by atoms with van der Waals surface area (Å²) in [5.74, 6) is 0. The molecule has 0 saturated carbocycles. The minimum Gasteiger partial charge on any atom is -0.342 e. The third-order valence-electron chi connectivity index (χ3n) is 4.55. The standard InChI is InChI=1S/C20H21ClN6S/c1-2-15-18(21)17-16(7-3-4-10-27-11-9-23-13-27)25-20(26-19(17)24-15)28-14-6-5-8-22-12-14/h5-6,8-9,11-13H,2-4,7,10H2,1H3,(H,24,25,26). The summed E-state index contributed by atoms with van der Waals surface area (Å²) in [6.45, 7) is 3.03. The molecule has 0 atom stereocenters. The van der Waals surface area contributed by atoms with Gasteiger partial charge in [-0.15, -0.1) is 0 Å². The number of nitrogens with one attached hydrogen (secondary N) is 1. The Labute approximate surface area is 172 Å². The Morgan fingerprint density at radius 2 is 2.11 bits per heavy atom. The van der Waals surface area contributed by atoms with Crippen LogP contribution in [0.4, 0.5) is 0 Å². The summed E-state index contributed by atoms with van der Waals surface area (Å²) in [4.78, 5) is 22.2. The van der Waals surface area contributed by atoms with Gasteiger partial charge in [0.2, 0.25) is 0 Å². The van der Waals surface area contributed by atoms with E-state index < -0.39 is 0 Å². The molecule has 4 heterocycles. The van der Waals surface area contributed by atoms with Crippen LogP contribution in [-0.2, 0) is 19.4 Å². The predicted octanol–water partition coefficient (Wildman–Crippen LogP) is 4.94. The average molecular weight is 413 g/mol. The van der Waals surface area contributed by atoms with Crippen molar-refractivity contribution < 1.29 is 0 Å². The monoisotopic (exact) mass is 412 g/mol. The maximum absolute atomic E-state index is 6.63. The van der Waals surface area contributed by atoms with E-state index in [2.05, 4.69) is 26.4 Å². The molecule has 4 rings (SSSR count). The lowest BCUT2D eigenvalue weighted by Crippen LogP contribution is -1.99. The van der Waals surface area contributed by atoms with Gasteiger partial charge < -0.3 is 9.55 Å². The molecule has 1 N–H and O–H groups in total. The number of imidazole rings is 1. The number of unbranched alkanes of at least 4 members (excludes halogenated alkanes) is 1. The molecule has 144 valence electrons. The molecule has 0 spiro atoms. The highest BCUT2D eigenvalue weighted by Gasteiger charge is 2.17. The largest absolute Gasteiger partial charge is 0.342 e. The van der Waals surface area contributed by atoms with Crippen molar-refractivity contribution in [3.05, 3.63) is 59.7 Å². The zero-order valence-corrected chi connectivity index (χ0v) is 17.2. The van der Waals surface area contributed by atoms with Crippen LogP contribution < -0.4 is 0 Å². The molecule has 0 bridgehead atoms. The molecule has 4 aromatic rings. The van der Waals surface area contributed by atoms with E-state index in [-0.39, 0.29) is 0 Å². The second kappa shape index (κ2) is 8.75. The lowest BCUT2D eigenvalue weighted by Gasteiger charge is -2.07. The first kappa shape index (κ1) is 19.0. The van der Waals surface area contributed by atoms with Crippen molar-refractivity contribution in [3.63, 3.8) is 0 Å². The Bertz CT molecular complexity index is 1050. The van der Waals surface area contributed by atoms with Crippen LogP contribution in [0.5, 0.6) is 0 Å². The number of H-pyrrole nitrogens is 1. The van der Waals surface area contributed by atoms with Crippen LogP contribution in [0, 0.1) is 0 Å². The topological polar surface area (TPSA) is 72.3 Å². The van der Waals surface area contributed by atoms with Crippen molar-refractivity contribution in [1.82, 2.24) is 29.5 Å². The maximum Gasteiger partial charge on any atom is 0.194 e. The Kier molecular flexibility index (Phi) is 5.92. The molecular weight excluding hydrogens is 392 g/mol. The first-order valence-corrected chi connectivity index (χ1v) is 10.5. The van der Waals surface area contributed by atoms with E-state index >= 15 is 0 Å². The zero-order chi connectivity index (χ0) is 19.3. The second-order valence-electron chi connectivity index (χ2n) is 6.50. The Morgan fingerprint density at radius 1 is 1.18 bits per heavy atom. The molecule has 0 amide bonds. The number of aromatic amines is 1. The molecule has 28 heavy (non-hydrogen) atoms. The van der Waals surface area contributed by atoms with Crippen LogP contribution in [-0.4, -0.2) is 29.5 Å². The van der Waals surface area contributed by atoms with Gasteiger partial charge in [0.15, 0.2) is 5.16 Å². The van der Waals surface area contributed by atoms with Gasteiger partial charge in [0.25, 0.3) is 0 Å². The Hall–Kier alpha value is -2.38. The van der Waals surface area contributed by atoms with Crippen LogP contribution in [0.1, 0.15) is 31.2 Å². The lowest BCUT2D eigenvalue weighted by molar-refractivity contribution is 0.604. The summed E-state index contributed by atoms with van der Waals surface area (Å²) in [7, 11) is 0. The molecule has 0 radical (unpaired) electrons. The zero-order valence-electron chi connectivity index (χ0n) is 15.6. The number of fused-ring (bicyclic) bond motifs is 1. The summed E-state index contributed by atoms with van der Waals surface area (Å²) in [6, 6.07) is 3.92. The van der Waals surface area contributed by atoms with Crippen LogP contribution in [0.25, 0.3) is 11.0 Å². The maximum atomic E-state index is 6.63. The van der Waals surface area contributed by atoms with Gasteiger partial charge in [0.05, 0.1) is 22.4 Å². The number of pyridine rings is 1. The Morgan fingerprint density at radius 3 is 2.86 bits per heavy atom. The molecule has 8 heteroatoms. The van der Waals surface area contributed by atoms with E-state index in [4.69, 9.17) is 21.6 Å². The molecule has 0 unspecified atom stereocenters. The van der Waals surface area contributed by atoms with E-state index in [1.54, 1.807) is 6.20 Å². The number of aromatic nitrogens is 6. The van der Waals surface area contributed by atoms with Gasteiger partial charge in [0.1, 0.15) is 5.65 Å². The first-order valence-electron chi connectivity index (χ1n) is 9.35. The molecule has 4 aromatic heterocycles. The van der Waals surface area contributed by atoms with Crippen molar-refractivity contribution in [2.75, 3.05) is 0 Å². The number of halogens is 1. The third-order valence-corrected chi connectivity index (χ3v) is 5.81. The van der Waals surface area contributed by atoms with Gasteiger partial charge in [-0.1, -0.05) is 18.5 Å². The van der Waals surface area contributed by atoms with Crippen LogP contribution >= 0.6 is 23.4 Å². The second-order valence-corrected chi connectivity index (χ2v) is 7.91. The van der Waals surface area contributed by atoms with Gasteiger partial charge in [0, 0.05) is 41.9 Å². The summed E-state index contributed by atoms with van der Waals surface area (Å²) in [6.07, 6.45) is 13.0. The predicted molar refractivity (Wildman–Crippen MR) is 112 cm³/mol. The number of aryl methyl sites for hydroxylation is 3. The Balaban J connectivity index is 1.58. The van der Waals surface area contributed by atoms with Crippen LogP contribution in [0.2, 0.25) is 5.02 Å². The highest BCUT2D eigenvalue weighted by atomic mass is 35.5. The van der Waals surface area contributed by atoms with Gasteiger partial charge in [-0.2, -0.15) is 0 Å². The fourth-order valence-corrected chi connectivity index (χ4v) is 4.29. The number of nitrogens with zero attached hydrogens (tertiary/aromatic N) is 5. The molecule has 0 saturated heterocycles. The summed E-state index contributed by atoms with van der Waals surface area (Å²) in [5.41, 5.74) is 2.82. The number of hydrogen-bond donors (Lipinski definition) is 1. The fourth-order valence-electron chi connectivity index (χ4n) is 3.14. The van der Waals surface area contributed by atoms with Crippen molar-refractivity contribution in [2.45, 2.75) is 49.2 Å². The minimum absolute atomic E-state index is 0.714. The molecule has 0 aliphatic rings. The smallest absolute Gasteiger partial charge is 0.194 e. The van der Waals surface area contributed by atoms with E-state index in [0.717, 1.165) is 64.6 Å². The van der Waals surface area contributed by atoms with E-state index in [1.165, 1.54) is 11.8 Å². The van der Waals surface area contributed by atoms with E-state index in [9.17, 15) is 0 Å². The summed E-state index contributed by atoms with van der Waals surface area (Å²) < 4.78 is 2.09. The number of rotatable bonds is 8. The molecule has 6 nitrogen and oxygen atoms in total. The van der Waals surface area contributed by atoms with Crippen molar-refractivity contribution in [3.8, 4) is 0 Å².